The molecule has 0 saturated carbocycles. The number of morpholine rings is 1. The smallest absolute Gasteiger partial charge is 0.409 e. The van der Waals surface area contributed by atoms with Gasteiger partial charge in [-0.05, 0) is 36.8 Å². The van der Waals surface area contributed by atoms with Crippen molar-refractivity contribution in [1.82, 2.24) is 14.3 Å². The number of pyridine rings is 1. The van der Waals surface area contributed by atoms with E-state index in [9.17, 15) is 27.9 Å². The van der Waals surface area contributed by atoms with E-state index in [0.717, 1.165) is 6.07 Å². The Kier molecular flexibility index (Phi) is 6.47. The number of alkyl halides is 2. The number of hydrogen-bond donors (Lipinski definition) is 1. The second-order valence-corrected chi connectivity index (χ2v) is 7.96. The van der Waals surface area contributed by atoms with Gasteiger partial charge in [0.25, 0.3) is 6.43 Å². The van der Waals surface area contributed by atoms with Crippen LogP contribution in [-0.2, 0) is 15.9 Å². The van der Waals surface area contributed by atoms with E-state index in [1.165, 1.54) is 36.4 Å². The van der Waals surface area contributed by atoms with Crippen molar-refractivity contribution in [3.05, 3.63) is 58.7 Å². The maximum atomic E-state index is 14.6. The lowest BCUT2D eigenvalue weighted by atomic mass is 9.99. The number of aryl methyl sites for hydroxylation is 1. The number of fused-ring (bicyclic) bond motifs is 1. The zero-order valence-corrected chi connectivity index (χ0v) is 18.4. The molecule has 0 aliphatic carbocycles. The van der Waals surface area contributed by atoms with Crippen LogP contribution in [-0.4, -0.2) is 64.4 Å². The van der Waals surface area contributed by atoms with Crippen LogP contribution < -0.4 is 0 Å². The van der Waals surface area contributed by atoms with E-state index in [1.807, 2.05) is 0 Å². The van der Waals surface area contributed by atoms with E-state index in [-0.39, 0.29) is 30.8 Å². The SMILES string of the molecule is COC(=O)N1CCO[C@@H](Cc2c(-c3cc(F)c(C(=O)O)cc3C)nc3cc(C(F)F)ccn23)C1. The molecule has 1 atom stereocenters. The molecule has 1 fully saturated rings. The van der Waals surface area contributed by atoms with Crippen LogP contribution in [0.2, 0.25) is 0 Å². The molecule has 1 saturated heterocycles. The third kappa shape index (κ3) is 4.43. The normalized spacial score (nSPS) is 16.3. The molecule has 0 unspecified atom stereocenters. The van der Waals surface area contributed by atoms with Crippen LogP contribution in [0.3, 0.4) is 0 Å². The molecule has 34 heavy (non-hydrogen) atoms. The summed E-state index contributed by atoms with van der Waals surface area (Å²) in [6.07, 6.45) is -1.95. The topological polar surface area (TPSA) is 93.4 Å². The highest BCUT2D eigenvalue weighted by atomic mass is 19.3. The minimum Gasteiger partial charge on any atom is -0.478 e. The molecule has 1 amide bonds. The first-order chi connectivity index (χ1) is 16.2. The lowest BCUT2D eigenvalue weighted by molar-refractivity contribution is -0.0241. The second-order valence-electron chi connectivity index (χ2n) is 7.96. The standard InChI is InChI=1S/C23H22F3N3O5/c1-12-7-16(22(30)31)17(24)10-15(12)20-18(9-14-11-28(5-6-34-14)23(32)33-2)29-4-3-13(21(25)26)8-19(29)27-20/h3-4,7-8,10,14,21H,5-6,9,11H2,1-2H3,(H,30,31)/t14-/m0/s1. The van der Waals surface area contributed by atoms with E-state index in [2.05, 4.69) is 4.98 Å². The van der Waals surface area contributed by atoms with Crippen molar-refractivity contribution < 1.29 is 37.3 Å². The van der Waals surface area contributed by atoms with Gasteiger partial charge in [0.15, 0.2) is 0 Å². The van der Waals surface area contributed by atoms with Gasteiger partial charge in [0.2, 0.25) is 0 Å². The first kappa shape index (κ1) is 23.6. The fourth-order valence-electron chi connectivity index (χ4n) is 4.11. The number of aromatic nitrogens is 2. The summed E-state index contributed by atoms with van der Waals surface area (Å²) >= 11 is 0. The Morgan fingerprint density at radius 3 is 2.76 bits per heavy atom. The molecule has 3 aromatic rings. The highest BCUT2D eigenvalue weighted by Gasteiger charge is 2.28. The number of carboxylic acid groups (broad SMARTS) is 1. The van der Waals surface area contributed by atoms with Crippen molar-refractivity contribution in [2.24, 2.45) is 0 Å². The van der Waals surface area contributed by atoms with Gasteiger partial charge in [0.1, 0.15) is 11.5 Å². The minimum absolute atomic E-state index is 0.217. The maximum Gasteiger partial charge on any atom is 0.409 e. The van der Waals surface area contributed by atoms with E-state index in [1.54, 1.807) is 11.3 Å². The zero-order chi connectivity index (χ0) is 24.6. The molecule has 180 valence electrons. The number of imidazole rings is 1. The molecule has 0 radical (unpaired) electrons. The molecule has 0 spiro atoms. The lowest BCUT2D eigenvalue weighted by Gasteiger charge is -2.32. The largest absolute Gasteiger partial charge is 0.478 e. The summed E-state index contributed by atoms with van der Waals surface area (Å²) in [6.45, 7) is 2.50. The summed E-state index contributed by atoms with van der Waals surface area (Å²) in [5.41, 5.74) is 1.20. The Morgan fingerprint density at radius 2 is 2.09 bits per heavy atom. The molecule has 0 bridgehead atoms. The summed E-state index contributed by atoms with van der Waals surface area (Å²) in [6, 6.07) is 4.82. The fourth-order valence-corrected chi connectivity index (χ4v) is 4.11. The van der Waals surface area contributed by atoms with Crippen LogP contribution in [0, 0.1) is 12.7 Å². The number of methoxy groups -OCH3 is 1. The molecular weight excluding hydrogens is 455 g/mol. The van der Waals surface area contributed by atoms with Crippen LogP contribution in [0.4, 0.5) is 18.0 Å². The number of ether oxygens (including phenoxy) is 2. The van der Waals surface area contributed by atoms with Crippen molar-refractivity contribution in [2.75, 3.05) is 26.8 Å². The Hall–Kier alpha value is -3.60. The summed E-state index contributed by atoms with van der Waals surface area (Å²) in [5, 5.41) is 9.22. The van der Waals surface area contributed by atoms with Crippen LogP contribution in [0.1, 0.15) is 33.6 Å². The van der Waals surface area contributed by atoms with Crippen molar-refractivity contribution in [3.63, 3.8) is 0 Å². The Bertz CT molecular complexity index is 1260. The Labute approximate surface area is 192 Å². The van der Waals surface area contributed by atoms with Crippen LogP contribution in [0.25, 0.3) is 16.9 Å². The molecule has 11 heteroatoms. The maximum absolute atomic E-state index is 14.6. The number of benzene rings is 1. The molecule has 1 aliphatic heterocycles. The molecule has 8 nitrogen and oxygen atoms in total. The van der Waals surface area contributed by atoms with E-state index in [0.29, 0.717) is 29.1 Å². The molecule has 1 aliphatic rings. The third-order valence-electron chi connectivity index (χ3n) is 5.79. The fraction of sp³-hybridized carbons (Fsp3) is 0.348. The number of aromatic carboxylic acids is 1. The van der Waals surface area contributed by atoms with E-state index < -0.39 is 36.0 Å². The van der Waals surface area contributed by atoms with Gasteiger partial charge in [-0.2, -0.15) is 0 Å². The van der Waals surface area contributed by atoms with Crippen molar-refractivity contribution in [1.29, 1.82) is 0 Å². The molecule has 2 aromatic heterocycles. The van der Waals surface area contributed by atoms with Gasteiger partial charge in [-0.3, -0.25) is 0 Å². The number of halogens is 3. The highest BCUT2D eigenvalue weighted by Crippen LogP contribution is 2.32. The number of carbonyl (C=O) groups excluding carboxylic acids is 1. The average Bonchev–Trinajstić information content (AvgIpc) is 3.16. The van der Waals surface area contributed by atoms with Gasteiger partial charge < -0.3 is 23.9 Å². The monoisotopic (exact) mass is 477 g/mol. The van der Waals surface area contributed by atoms with Gasteiger partial charge in [-0.15, -0.1) is 0 Å². The van der Waals surface area contributed by atoms with Crippen molar-refractivity contribution in [3.8, 4) is 11.3 Å². The number of rotatable bonds is 5. The number of hydrogen-bond acceptors (Lipinski definition) is 5. The minimum atomic E-state index is -2.70. The summed E-state index contributed by atoms with van der Waals surface area (Å²) in [7, 11) is 1.29. The van der Waals surface area contributed by atoms with Crippen LogP contribution in [0.15, 0.2) is 30.5 Å². The molecule has 1 aromatic carbocycles. The van der Waals surface area contributed by atoms with Gasteiger partial charge in [0, 0.05) is 30.3 Å². The Balaban J connectivity index is 1.82. The van der Waals surface area contributed by atoms with Gasteiger partial charge in [-0.1, -0.05) is 0 Å². The molecule has 1 N–H and O–H groups in total. The number of carboxylic acids is 1. The first-order valence-electron chi connectivity index (χ1n) is 10.5. The summed E-state index contributed by atoms with van der Waals surface area (Å²) in [4.78, 5) is 29.3. The highest BCUT2D eigenvalue weighted by molar-refractivity contribution is 5.89. The predicted octanol–water partition coefficient (Wildman–Crippen LogP) is 4.09. The lowest BCUT2D eigenvalue weighted by Crippen LogP contribution is -2.46. The van der Waals surface area contributed by atoms with Gasteiger partial charge in [-0.25, -0.2) is 27.7 Å². The Morgan fingerprint density at radius 1 is 1.32 bits per heavy atom. The van der Waals surface area contributed by atoms with Crippen molar-refractivity contribution in [2.45, 2.75) is 25.9 Å². The average molecular weight is 477 g/mol. The number of amides is 1. The van der Waals surface area contributed by atoms with Crippen molar-refractivity contribution >= 4 is 17.7 Å². The molecule has 4 rings (SSSR count). The number of nitrogens with zero attached hydrogens (tertiary/aromatic N) is 3. The summed E-state index contributed by atoms with van der Waals surface area (Å²) < 4.78 is 53.3. The van der Waals surface area contributed by atoms with Gasteiger partial charge >= 0.3 is 12.1 Å². The zero-order valence-electron chi connectivity index (χ0n) is 18.4. The molecule has 3 heterocycles. The van der Waals surface area contributed by atoms with Crippen LogP contribution in [0.5, 0.6) is 0 Å². The quantitative estimate of drug-likeness (QED) is 0.595. The number of carbonyl (C=O) groups is 2. The summed E-state index contributed by atoms with van der Waals surface area (Å²) in [5.74, 6) is -2.34. The van der Waals surface area contributed by atoms with E-state index >= 15 is 0 Å². The predicted molar refractivity (Wildman–Crippen MR) is 115 cm³/mol. The van der Waals surface area contributed by atoms with Gasteiger partial charge in [0.05, 0.1) is 43.3 Å². The second kappa shape index (κ2) is 9.34. The third-order valence-corrected chi connectivity index (χ3v) is 5.79. The van der Waals surface area contributed by atoms with E-state index in [4.69, 9.17) is 9.47 Å². The first-order valence-corrected chi connectivity index (χ1v) is 10.5. The molecular formula is C23H22F3N3O5. The van der Waals surface area contributed by atoms with Crippen LogP contribution >= 0.6 is 0 Å².